The summed E-state index contributed by atoms with van der Waals surface area (Å²) in [6, 6.07) is 13.9. The Labute approximate surface area is 141 Å². The SMILES string of the molecule is COC(=O)Nc1ccc2c(c1)CN(S(=O)(=O)c1ccccc1)CC2. The first kappa shape index (κ1) is 16.5. The van der Waals surface area contributed by atoms with E-state index in [1.807, 2.05) is 6.07 Å². The Hall–Kier alpha value is -2.38. The molecular weight excluding hydrogens is 328 g/mol. The lowest BCUT2D eigenvalue weighted by Gasteiger charge is -2.28. The molecule has 0 saturated heterocycles. The average molecular weight is 346 g/mol. The molecule has 6 nitrogen and oxygen atoms in total. The van der Waals surface area contributed by atoms with Gasteiger partial charge in [-0.1, -0.05) is 24.3 Å². The first-order valence-electron chi connectivity index (χ1n) is 7.52. The first-order chi connectivity index (χ1) is 11.5. The number of fused-ring (bicyclic) bond motifs is 1. The van der Waals surface area contributed by atoms with Gasteiger partial charge in [-0.25, -0.2) is 13.2 Å². The Bertz CT molecular complexity index is 850. The van der Waals surface area contributed by atoms with Gasteiger partial charge in [-0.3, -0.25) is 5.32 Å². The summed E-state index contributed by atoms with van der Waals surface area (Å²) in [4.78, 5) is 11.6. The van der Waals surface area contributed by atoms with Crippen molar-refractivity contribution < 1.29 is 17.9 Å². The zero-order valence-corrected chi connectivity index (χ0v) is 14.0. The van der Waals surface area contributed by atoms with Crippen LogP contribution in [0.25, 0.3) is 0 Å². The van der Waals surface area contributed by atoms with Crippen LogP contribution in [0.1, 0.15) is 11.1 Å². The fraction of sp³-hybridized carbons (Fsp3) is 0.235. The molecule has 1 heterocycles. The molecule has 2 aromatic carbocycles. The maximum atomic E-state index is 12.7. The number of hydrogen-bond donors (Lipinski definition) is 1. The Morgan fingerprint density at radius 3 is 2.58 bits per heavy atom. The van der Waals surface area contributed by atoms with Crippen molar-refractivity contribution in [3.05, 3.63) is 59.7 Å². The number of nitrogens with one attached hydrogen (secondary N) is 1. The lowest BCUT2D eigenvalue weighted by atomic mass is 10.0. The van der Waals surface area contributed by atoms with E-state index < -0.39 is 16.1 Å². The van der Waals surface area contributed by atoms with E-state index in [1.54, 1.807) is 42.5 Å². The Kier molecular flexibility index (Phi) is 4.55. The van der Waals surface area contributed by atoms with Crippen molar-refractivity contribution in [1.29, 1.82) is 0 Å². The van der Waals surface area contributed by atoms with Crippen LogP contribution in [0.4, 0.5) is 10.5 Å². The van der Waals surface area contributed by atoms with E-state index in [4.69, 9.17) is 0 Å². The van der Waals surface area contributed by atoms with Gasteiger partial charge < -0.3 is 4.74 Å². The molecule has 126 valence electrons. The molecule has 0 radical (unpaired) electrons. The van der Waals surface area contributed by atoms with Gasteiger partial charge in [0, 0.05) is 18.8 Å². The van der Waals surface area contributed by atoms with E-state index in [0.717, 1.165) is 11.1 Å². The number of sulfonamides is 1. The van der Waals surface area contributed by atoms with Gasteiger partial charge in [0.05, 0.1) is 12.0 Å². The summed E-state index contributed by atoms with van der Waals surface area (Å²) >= 11 is 0. The van der Waals surface area contributed by atoms with Crippen LogP contribution in [-0.4, -0.2) is 32.5 Å². The molecule has 1 aliphatic rings. The lowest BCUT2D eigenvalue weighted by molar-refractivity contribution is 0.187. The number of anilines is 1. The Balaban J connectivity index is 1.85. The van der Waals surface area contributed by atoms with Crippen LogP contribution in [0.5, 0.6) is 0 Å². The number of hydrogen-bond acceptors (Lipinski definition) is 4. The quantitative estimate of drug-likeness (QED) is 0.927. The van der Waals surface area contributed by atoms with Crippen molar-refractivity contribution in [2.45, 2.75) is 17.9 Å². The molecule has 0 atom stereocenters. The highest BCUT2D eigenvalue weighted by atomic mass is 32.2. The van der Waals surface area contributed by atoms with Crippen LogP contribution in [0, 0.1) is 0 Å². The van der Waals surface area contributed by atoms with Crippen LogP contribution in [-0.2, 0) is 27.7 Å². The number of carbonyl (C=O) groups excluding carboxylic acids is 1. The molecule has 0 aromatic heterocycles. The molecule has 24 heavy (non-hydrogen) atoms. The van der Waals surface area contributed by atoms with Crippen molar-refractivity contribution in [1.82, 2.24) is 4.31 Å². The fourth-order valence-corrected chi connectivity index (χ4v) is 4.16. The molecule has 0 aliphatic carbocycles. The molecule has 0 unspecified atom stereocenters. The fourth-order valence-electron chi connectivity index (χ4n) is 2.72. The molecule has 7 heteroatoms. The summed E-state index contributed by atoms with van der Waals surface area (Å²) in [7, 11) is -2.23. The van der Waals surface area contributed by atoms with Gasteiger partial charge >= 0.3 is 6.09 Å². The number of carbonyl (C=O) groups is 1. The van der Waals surface area contributed by atoms with E-state index in [-0.39, 0.29) is 11.4 Å². The Morgan fingerprint density at radius 2 is 1.88 bits per heavy atom. The molecule has 1 aliphatic heterocycles. The molecule has 0 spiro atoms. The monoisotopic (exact) mass is 346 g/mol. The third kappa shape index (κ3) is 3.27. The molecule has 0 fully saturated rings. The van der Waals surface area contributed by atoms with E-state index >= 15 is 0 Å². The summed E-state index contributed by atoms with van der Waals surface area (Å²) in [5.41, 5.74) is 2.55. The van der Waals surface area contributed by atoms with Gasteiger partial charge in [0.1, 0.15) is 0 Å². The maximum absolute atomic E-state index is 12.7. The van der Waals surface area contributed by atoms with Crippen molar-refractivity contribution in [2.24, 2.45) is 0 Å². The smallest absolute Gasteiger partial charge is 0.411 e. The van der Waals surface area contributed by atoms with Crippen LogP contribution >= 0.6 is 0 Å². The molecule has 1 amide bonds. The summed E-state index contributed by atoms with van der Waals surface area (Å²) in [5.74, 6) is 0. The van der Waals surface area contributed by atoms with Crippen molar-refractivity contribution in [2.75, 3.05) is 19.0 Å². The first-order valence-corrected chi connectivity index (χ1v) is 8.96. The number of methoxy groups -OCH3 is 1. The predicted molar refractivity (Wildman–Crippen MR) is 90.2 cm³/mol. The lowest BCUT2D eigenvalue weighted by Crippen LogP contribution is -2.36. The third-order valence-corrected chi connectivity index (χ3v) is 5.86. The third-order valence-electron chi connectivity index (χ3n) is 4.00. The normalized spacial score (nSPS) is 14.7. The summed E-state index contributed by atoms with van der Waals surface area (Å²) in [6.45, 7) is 0.720. The second kappa shape index (κ2) is 6.62. The molecule has 0 saturated carbocycles. The summed E-state index contributed by atoms with van der Waals surface area (Å²) < 4.78 is 31.5. The van der Waals surface area contributed by atoms with Gasteiger partial charge in [0.25, 0.3) is 0 Å². The number of rotatable bonds is 3. The molecule has 1 N–H and O–H groups in total. The van der Waals surface area contributed by atoms with Crippen LogP contribution in [0.2, 0.25) is 0 Å². The van der Waals surface area contributed by atoms with E-state index in [9.17, 15) is 13.2 Å². The largest absolute Gasteiger partial charge is 0.453 e. The average Bonchev–Trinajstić information content (AvgIpc) is 2.61. The molecule has 3 rings (SSSR count). The minimum absolute atomic E-state index is 0.281. The highest BCUT2D eigenvalue weighted by Crippen LogP contribution is 2.27. The molecule has 2 aromatic rings. The van der Waals surface area contributed by atoms with Crippen molar-refractivity contribution >= 4 is 21.8 Å². The van der Waals surface area contributed by atoms with E-state index in [0.29, 0.717) is 18.7 Å². The number of benzene rings is 2. The van der Waals surface area contributed by atoms with Crippen molar-refractivity contribution in [3.63, 3.8) is 0 Å². The van der Waals surface area contributed by atoms with Gasteiger partial charge in [0.2, 0.25) is 10.0 Å². The molecule has 0 bridgehead atoms. The highest BCUT2D eigenvalue weighted by molar-refractivity contribution is 7.89. The van der Waals surface area contributed by atoms with Gasteiger partial charge in [-0.2, -0.15) is 4.31 Å². The van der Waals surface area contributed by atoms with Crippen molar-refractivity contribution in [3.8, 4) is 0 Å². The second-order valence-corrected chi connectivity index (χ2v) is 7.44. The van der Waals surface area contributed by atoms with Gasteiger partial charge in [0.15, 0.2) is 0 Å². The van der Waals surface area contributed by atoms with Crippen LogP contribution in [0.3, 0.4) is 0 Å². The highest BCUT2D eigenvalue weighted by Gasteiger charge is 2.28. The number of nitrogens with zero attached hydrogens (tertiary/aromatic N) is 1. The van der Waals surface area contributed by atoms with Crippen LogP contribution in [0.15, 0.2) is 53.4 Å². The van der Waals surface area contributed by atoms with E-state index in [2.05, 4.69) is 10.1 Å². The zero-order valence-electron chi connectivity index (χ0n) is 13.2. The zero-order chi connectivity index (χ0) is 17.2. The van der Waals surface area contributed by atoms with Gasteiger partial charge in [-0.15, -0.1) is 0 Å². The molecular formula is C17H18N2O4S. The summed E-state index contributed by atoms with van der Waals surface area (Å²) in [6.07, 6.45) is 0.0828. The standard InChI is InChI=1S/C17H18N2O4S/c1-23-17(20)18-15-8-7-13-9-10-19(12-14(13)11-15)24(21,22)16-5-3-2-4-6-16/h2-8,11H,9-10,12H2,1H3,(H,18,20). The van der Waals surface area contributed by atoms with Crippen LogP contribution < -0.4 is 5.32 Å². The van der Waals surface area contributed by atoms with E-state index in [1.165, 1.54) is 11.4 Å². The Morgan fingerprint density at radius 1 is 1.12 bits per heavy atom. The summed E-state index contributed by atoms with van der Waals surface area (Å²) in [5, 5.41) is 2.60. The van der Waals surface area contributed by atoms with Gasteiger partial charge in [-0.05, 0) is 41.8 Å². The maximum Gasteiger partial charge on any atom is 0.411 e. The second-order valence-electron chi connectivity index (χ2n) is 5.50. The predicted octanol–water partition coefficient (Wildman–Crippen LogP) is 2.61. The minimum atomic E-state index is -3.52. The number of ether oxygens (including phenoxy) is 1. The minimum Gasteiger partial charge on any atom is -0.453 e. The number of amides is 1. The topological polar surface area (TPSA) is 75.7 Å².